The molecule has 0 N–H and O–H groups in total. The summed E-state index contributed by atoms with van der Waals surface area (Å²) in [6.45, 7) is 0.799. The maximum absolute atomic E-state index is 5.89. The summed E-state index contributed by atoms with van der Waals surface area (Å²) in [7, 11) is 0. The molecule has 3 heteroatoms. The van der Waals surface area contributed by atoms with Crippen molar-refractivity contribution in [2.24, 2.45) is 5.41 Å². The van der Waals surface area contributed by atoms with Crippen molar-refractivity contribution in [2.45, 2.75) is 25.7 Å². The van der Waals surface area contributed by atoms with Gasteiger partial charge in [0.1, 0.15) is 5.75 Å². The van der Waals surface area contributed by atoms with E-state index in [1.165, 1.54) is 25.7 Å². The number of rotatable bonds is 4. The molecule has 1 fully saturated rings. The first-order chi connectivity index (χ1) is 7.74. The molecule has 1 aliphatic rings. The highest BCUT2D eigenvalue weighted by atomic mass is 79.9. The first-order valence-corrected chi connectivity index (χ1v) is 7.16. The summed E-state index contributed by atoms with van der Waals surface area (Å²) >= 11 is 7.93. The van der Waals surface area contributed by atoms with Crippen LogP contribution in [-0.2, 0) is 0 Å². The van der Waals surface area contributed by atoms with Crippen molar-refractivity contribution in [3.05, 3.63) is 28.7 Å². The SMILES string of the molecule is SCC1(COc2cccc(Br)c2)CCCC1. The number of thiol groups is 1. The topological polar surface area (TPSA) is 9.23 Å². The van der Waals surface area contributed by atoms with Crippen LogP contribution >= 0.6 is 28.6 Å². The van der Waals surface area contributed by atoms with E-state index in [-0.39, 0.29) is 0 Å². The third-order valence-electron chi connectivity index (χ3n) is 3.34. The molecule has 0 aromatic heterocycles. The van der Waals surface area contributed by atoms with Crippen LogP contribution in [0, 0.1) is 5.41 Å². The fourth-order valence-electron chi connectivity index (χ4n) is 2.27. The van der Waals surface area contributed by atoms with Gasteiger partial charge in [0.25, 0.3) is 0 Å². The largest absolute Gasteiger partial charge is 0.493 e. The number of hydrogen-bond donors (Lipinski definition) is 1. The van der Waals surface area contributed by atoms with Crippen molar-refractivity contribution in [3.8, 4) is 5.75 Å². The van der Waals surface area contributed by atoms with Crippen LogP contribution in [0.25, 0.3) is 0 Å². The molecular formula is C13H17BrOS. The van der Waals surface area contributed by atoms with E-state index in [4.69, 9.17) is 4.74 Å². The Kier molecular flexibility index (Phi) is 4.20. The molecule has 0 unspecified atom stereocenters. The van der Waals surface area contributed by atoms with E-state index in [2.05, 4.69) is 28.6 Å². The third-order valence-corrected chi connectivity index (χ3v) is 4.50. The van der Waals surface area contributed by atoms with Crippen LogP contribution in [0.15, 0.2) is 28.7 Å². The highest BCUT2D eigenvalue weighted by Crippen LogP contribution is 2.39. The van der Waals surface area contributed by atoms with E-state index in [9.17, 15) is 0 Å². The Morgan fingerprint density at radius 1 is 1.31 bits per heavy atom. The van der Waals surface area contributed by atoms with Crippen molar-refractivity contribution < 1.29 is 4.74 Å². The molecule has 2 rings (SSSR count). The average Bonchev–Trinajstić information content (AvgIpc) is 2.76. The minimum Gasteiger partial charge on any atom is -0.493 e. The van der Waals surface area contributed by atoms with Crippen molar-refractivity contribution in [2.75, 3.05) is 12.4 Å². The minimum absolute atomic E-state index is 0.311. The van der Waals surface area contributed by atoms with Gasteiger partial charge >= 0.3 is 0 Å². The van der Waals surface area contributed by atoms with E-state index >= 15 is 0 Å². The molecule has 1 saturated carbocycles. The second-order valence-electron chi connectivity index (χ2n) is 4.61. The highest BCUT2D eigenvalue weighted by Gasteiger charge is 2.33. The predicted octanol–water partition coefficient (Wildman–Crippen LogP) is 4.32. The molecule has 0 heterocycles. The van der Waals surface area contributed by atoms with E-state index in [0.717, 1.165) is 22.6 Å². The van der Waals surface area contributed by atoms with Crippen LogP contribution in [0.4, 0.5) is 0 Å². The second kappa shape index (κ2) is 5.46. The molecule has 0 atom stereocenters. The van der Waals surface area contributed by atoms with Crippen LogP contribution in [0.3, 0.4) is 0 Å². The minimum atomic E-state index is 0.311. The molecule has 0 spiro atoms. The molecule has 0 amide bonds. The van der Waals surface area contributed by atoms with Gasteiger partial charge in [-0.15, -0.1) is 0 Å². The summed E-state index contributed by atoms with van der Waals surface area (Å²) in [4.78, 5) is 0. The van der Waals surface area contributed by atoms with Gasteiger partial charge in [0.15, 0.2) is 0 Å². The van der Waals surface area contributed by atoms with Crippen LogP contribution in [0.1, 0.15) is 25.7 Å². The summed E-state index contributed by atoms with van der Waals surface area (Å²) in [5.41, 5.74) is 0.311. The second-order valence-corrected chi connectivity index (χ2v) is 5.84. The molecule has 16 heavy (non-hydrogen) atoms. The summed E-state index contributed by atoms with van der Waals surface area (Å²) in [6.07, 6.45) is 5.15. The smallest absolute Gasteiger partial charge is 0.120 e. The maximum atomic E-state index is 5.89. The Morgan fingerprint density at radius 3 is 2.69 bits per heavy atom. The molecule has 1 aliphatic carbocycles. The van der Waals surface area contributed by atoms with Gasteiger partial charge in [0, 0.05) is 9.89 Å². The molecule has 0 radical (unpaired) electrons. The average molecular weight is 301 g/mol. The lowest BCUT2D eigenvalue weighted by Gasteiger charge is -2.26. The normalized spacial score (nSPS) is 18.6. The lowest BCUT2D eigenvalue weighted by molar-refractivity contribution is 0.173. The fourth-order valence-corrected chi connectivity index (χ4v) is 3.05. The van der Waals surface area contributed by atoms with Crippen LogP contribution in [0.2, 0.25) is 0 Å². The number of ether oxygens (including phenoxy) is 1. The first kappa shape index (κ1) is 12.3. The molecule has 0 bridgehead atoms. The highest BCUT2D eigenvalue weighted by molar-refractivity contribution is 9.10. The summed E-state index contributed by atoms with van der Waals surface area (Å²) in [6, 6.07) is 8.03. The summed E-state index contributed by atoms with van der Waals surface area (Å²) < 4.78 is 6.95. The van der Waals surface area contributed by atoms with Gasteiger partial charge in [0.05, 0.1) is 6.61 Å². The lowest BCUT2D eigenvalue weighted by atomic mass is 9.90. The summed E-state index contributed by atoms with van der Waals surface area (Å²) in [5, 5.41) is 0. The Hall–Kier alpha value is -0.150. The lowest BCUT2D eigenvalue weighted by Crippen LogP contribution is -2.27. The van der Waals surface area contributed by atoms with Gasteiger partial charge in [-0.3, -0.25) is 0 Å². The van der Waals surface area contributed by atoms with Gasteiger partial charge in [0.2, 0.25) is 0 Å². The zero-order valence-electron chi connectivity index (χ0n) is 9.29. The van der Waals surface area contributed by atoms with Gasteiger partial charge in [-0.05, 0) is 36.8 Å². The van der Waals surface area contributed by atoms with Crippen LogP contribution in [-0.4, -0.2) is 12.4 Å². The van der Waals surface area contributed by atoms with Crippen LogP contribution < -0.4 is 4.74 Å². The van der Waals surface area contributed by atoms with Crippen molar-refractivity contribution in [1.29, 1.82) is 0 Å². The van der Waals surface area contributed by atoms with Crippen molar-refractivity contribution >= 4 is 28.6 Å². The predicted molar refractivity (Wildman–Crippen MR) is 74.4 cm³/mol. The molecule has 1 aromatic carbocycles. The maximum Gasteiger partial charge on any atom is 0.120 e. The number of benzene rings is 1. The van der Waals surface area contributed by atoms with Crippen molar-refractivity contribution in [1.82, 2.24) is 0 Å². The fraction of sp³-hybridized carbons (Fsp3) is 0.538. The molecular weight excluding hydrogens is 284 g/mol. The molecule has 1 nitrogen and oxygen atoms in total. The Labute approximate surface area is 111 Å². The zero-order valence-corrected chi connectivity index (χ0v) is 11.8. The monoisotopic (exact) mass is 300 g/mol. The van der Waals surface area contributed by atoms with Gasteiger partial charge in [-0.2, -0.15) is 12.6 Å². The number of halogens is 1. The quantitative estimate of drug-likeness (QED) is 0.815. The van der Waals surface area contributed by atoms with Gasteiger partial charge in [-0.25, -0.2) is 0 Å². The third kappa shape index (κ3) is 2.95. The molecule has 88 valence electrons. The summed E-state index contributed by atoms with van der Waals surface area (Å²) in [5.74, 6) is 1.88. The Bertz CT molecular complexity index is 348. The Morgan fingerprint density at radius 2 is 2.06 bits per heavy atom. The van der Waals surface area contributed by atoms with E-state index in [0.29, 0.717) is 5.41 Å². The van der Waals surface area contributed by atoms with Crippen molar-refractivity contribution in [3.63, 3.8) is 0 Å². The number of hydrogen-bond acceptors (Lipinski definition) is 2. The van der Waals surface area contributed by atoms with Crippen LogP contribution in [0.5, 0.6) is 5.75 Å². The molecule has 1 aromatic rings. The zero-order chi connectivity index (χ0) is 11.4. The Balaban J connectivity index is 1.95. The van der Waals surface area contributed by atoms with Gasteiger partial charge in [-0.1, -0.05) is 34.8 Å². The first-order valence-electron chi connectivity index (χ1n) is 5.73. The van der Waals surface area contributed by atoms with Gasteiger partial charge < -0.3 is 4.74 Å². The van der Waals surface area contributed by atoms with E-state index < -0.39 is 0 Å². The molecule has 0 saturated heterocycles. The van der Waals surface area contributed by atoms with E-state index in [1.54, 1.807) is 0 Å². The van der Waals surface area contributed by atoms with E-state index in [1.807, 2.05) is 24.3 Å². The molecule has 0 aliphatic heterocycles. The standard InChI is InChI=1S/C13H17BrOS/c14-11-4-3-5-12(8-11)15-9-13(10-16)6-1-2-7-13/h3-5,8,16H,1-2,6-7,9-10H2.